The molecule has 0 saturated carbocycles. The van der Waals surface area contributed by atoms with Crippen molar-refractivity contribution < 1.29 is 17.7 Å². The number of benzene rings is 1. The van der Waals surface area contributed by atoms with Crippen LogP contribution >= 0.6 is 11.3 Å². The predicted octanol–water partition coefficient (Wildman–Crippen LogP) is 2.70. The van der Waals surface area contributed by atoms with E-state index in [2.05, 4.69) is 25.7 Å². The van der Waals surface area contributed by atoms with E-state index in [9.17, 15) is 13.2 Å². The molecular formula is C18H22N6O4S2. The molecule has 0 spiro atoms. The van der Waals surface area contributed by atoms with E-state index in [1.165, 1.54) is 7.05 Å². The van der Waals surface area contributed by atoms with Crippen LogP contribution in [0.3, 0.4) is 0 Å². The van der Waals surface area contributed by atoms with Gasteiger partial charge in [-0.1, -0.05) is 61.5 Å². The molecule has 1 N–H and O–H groups in total. The van der Waals surface area contributed by atoms with Gasteiger partial charge in [-0.2, -0.15) is 9.29 Å². The summed E-state index contributed by atoms with van der Waals surface area (Å²) >= 11 is 0.777. The van der Waals surface area contributed by atoms with Gasteiger partial charge in [0.05, 0.1) is 6.54 Å². The standard InChI is InChI=1S/C18H22N6O4S2/c1-11-8-6-7-9-12(11)14-19-13(28-23-14)10-24(5)30(26,27)17-22-21-16(29-17)20-15(25)18(2,3)4/h6-9H,10H2,1-5H3,(H,20,21,25). The maximum absolute atomic E-state index is 12.8. The van der Waals surface area contributed by atoms with Crippen molar-refractivity contribution in [3.63, 3.8) is 0 Å². The van der Waals surface area contributed by atoms with Crippen LogP contribution in [0.15, 0.2) is 33.1 Å². The van der Waals surface area contributed by atoms with E-state index < -0.39 is 15.4 Å². The van der Waals surface area contributed by atoms with Crippen LogP contribution in [0.1, 0.15) is 32.2 Å². The van der Waals surface area contributed by atoms with Crippen molar-refractivity contribution in [1.29, 1.82) is 0 Å². The van der Waals surface area contributed by atoms with Crippen molar-refractivity contribution in [2.45, 2.75) is 38.6 Å². The summed E-state index contributed by atoms with van der Waals surface area (Å²) in [4.78, 5) is 16.3. The summed E-state index contributed by atoms with van der Waals surface area (Å²) in [6.07, 6.45) is 0. The van der Waals surface area contributed by atoms with Gasteiger partial charge in [-0.15, -0.1) is 10.2 Å². The first-order valence-electron chi connectivity index (χ1n) is 8.98. The number of carbonyl (C=O) groups is 1. The lowest BCUT2D eigenvalue weighted by Gasteiger charge is -2.15. The molecule has 0 aliphatic carbocycles. The summed E-state index contributed by atoms with van der Waals surface area (Å²) in [5.41, 5.74) is 1.14. The molecule has 1 amide bonds. The Kier molecular flexibility index (Phi) is 6.01. The highest BCUT2D eigenvalue weighted by molar-refractivity contribution is 7.91. The van der Waals surface area contributed by atoms with Gasteiger partial charge >= 0.3 is 0 Å². The minimum atomic E-state index is -3.95. The van der Waals surface area contributed by atoms with Crippen molar-refractivity contribution in [3.8, 4) is 11.4 Å². The van der Waals surface area contributed by atoms with E-state index in [0.717, 1.165) is 26.8 Å². The molecule has 10 nitrogen and oxygen atoms in total. The van der Waals surface area contributed by atoms with Gasteiger partial charge < -0.3 is 9.84 Å². The Hall–Kier alpha value is -2.70. The Morgan fingerprint density at radius 1 is 1.23 bits per heavy atom. The maximum atomic E-state index is 12.8. The first kappa shape index (κ1) is 22.0. The van der Waals surface area contributed by atoms with Gasteiger partial charge in [0, 0.05) is 18.0 Å². The summed E-state index contributed by atoms with van der Waals surface area (Å²) < 4.78 is 31.6. The van der Waals surface area contributed by atoms with E-state index in [4.69, 9.17) is 4.52 Å². The van der Waals surface area contributed by atoms with Crippen molar-refractivity contribution in [2.24, 2.45) is 5.41 Å². The molecule has 1 aromatic carbocycles. The smallest absolute Gasteiger partial charge is 0.272 e. The summed E-state index contributed by atoms with van der Waals surface area (Å²) in [5, 5.41) is 14.1. The lowest BCUT2D eigenvalue weighted by Crippen LogP contribution is -2.27. The van der Waals surface area contributed by atoms with Crippen molar-refractivity contribution in [1.82, 2.24) is 24.6 Å². The number of aromatic nitrogens is 4. The van der Waals surface area contributed by atoms with E-state index in [-0.39, 0.29) is 27.8 Å². The zero-order valence-corrected chi connectivity index (χ0v) is 18.8. The number of hydrogen-bond acceptors (Lipinski definition) is 9. The second-order valence-electron chi connectivity index (χ2n) is 7.66. The number of nitrogens with zero attached hydrogens (tertiary/aromatic N) is 5. The lowest BCUT2D eigenvalue weighted by molar-refractivity contribution is -0.123. The van der Waals surface area contributed by atoms with E-state index >= 15 is 0 Å². The molecule has 160 valence electrons. The topological polar surface area (TPSA) is 131 Å². The van der Waals surface area contributed by atoms with Gasteiger partial charge in [0.1, 0.15) is 0 Å². The van der Waals surface area contributed by atoms with Gasteiger partial charge in [-0.05, 0) is 12.5 Å². The van der Waals surface area contributed by atoms with E-state index in [0.29, 0.717) is 5.82 Å². The molecule has 0 aliphatic rings. The second-order valence-corrected chi connectivity index (χ2v) is 10.9. The molecule has 0 aliphatic heterocycles. The first-order chi connectivity index (χ1) is 14.0. The number of nitrogens with one attached hydrogen (secondary N) is 1. The molecule has 3 rings (SSSR count). The summed E-state index contributed by atoms with van der Waals surface area (Å²) in [6, 6.07) is 7.55. The number of sulfonamides is 1. The fourth-order valence-electron chi connectivity index (χ4n) is 2.31. The van der Waals surface area contributed by atoms with Gasteiger partial charge in [0.15, 0.2) is 0 Å². The first-order valence-corrected chi connectivity index (χ1v) is 11.2. The van der Waals surface area contributed by atoms with Gasteiger partial charge in [0.2, 0.25) is 27.1 Å². The fourth-order valence-corrected chi connectivity index (χ4v) is 4.51. The fraction of sp³-hybridized carbons (Fsp3) is 0.389. The summed E-state index contributed by atoms with van der Waals surface area (Å²) in [6.45, 7) is 7.01. The molecule has 30 heavy (non-hydrogen) atoms. The molecule has 3 aromatic rings. The maximum Gasteiger partial charge on any atom is 0.272 e. The number of aryl methyl sites for hydroxylation is 1. The third-order valence-corrected chi connectivity index (χ3v) is 7.14. The molecule has 0 saturated heterocycles. The van der Waals surface area contributed by atoms with Crippen LogP contribution in [0.5, 0.6) is 0 Å². The Morgan fingerprint density at radius 3 is 2.60 bits per heavy atom. The number of anilines is 1. The Balaban J connectivity index is 1.73. The van der Waals surface area contributed by atoms with Crippen LogP contribution in [-0.2, 0) is 21.4 Å². The molecule has 0 unspecified atom stereocenters. The van der Waals surface area contributed by atoms with E-state index in [1.54, 1.807) is 20.8 Å². The Morgan fingerprint density at radius 2 is 1.93 bits per heavy atom. The highest BCUT2D eigenvalue weighted by Crippen LogP contribution is 2.26. The third kappa shape index (κ3) is 4.71. The van der Waals surface area contributed by atoms with Gasteiger partial charge in [-0.25, -0.2) is 8.42 Å². The molecule has 2 aromatic heterocycles. The van der Waals surface area contributed by atoms with Crippen LogP contribution in [0.25, 0.3) is 11.4 Å². The van der Waals surface area contributed by atoms with Crippen molar-refractivity contribution >= 4 is 32.4 Å². The molecular weight excluding hydrogens is 428 g/mol. The minimum absolute atomic E-state index is 0.113. The Bertz CT molecular complexity index is 1160. The van der Waals surface area contributed by atoms with E-state index in [1.807, 2.05) is 31.2 Å². The van der Waals surface area contributed by atoms with Crippen LogP contribution in [0.2, 0.25) is 0 Å². The molecule has 0 bridgehead atoms. The van der Waals surface area contributed by atoms with Crippen LogP contribution in [0.4, 0.5) is 5.13 Å². The summed E-state index contributed by atoms with van der Waals surface area (Å²) in [5.74, 6) is 0.243. The molecule has 2 heterocycles. The average Bonchev–Trinajstić information content (AvgIpc) is 3.31. The third-order valence-electron chi connectivity index (χ3n) is 4.15. The Labute approximate surface area is 178 Å². The number of rotatable bonds is 6. The highest BCUT2D eigenvalue weighted by atomic mass is 32.2. The number of amides is 1. The molecule has 12 heteroatoms. The monoisotopic (exact) mass is 450 g/mol. The van der Waals surface area contributed by atoms with Crippen LogP contribution in [0, 0.1) is 12.3 Å². The van der Waals surface area contributed by atoms with Gasteiger partial charge in [0.25, 0.3) is 10.0 Å². The van der Waals surface area contributed by atoms with Crippen molar-refractivity contribution in [2.75, 3.05) is 12.4 Å². The molecule has 0 fully saturated rings. The van der Waals surface area contributed by atoms with Crippen LogP contribution in [-0.4, -0.2) is 46.0 Å². The zero-order valence-electron chi connectivity index (χ0n) is 17.2. The summed E-state index contributed by atoms with van der Waals surface area (Å²) in [7, 11) is -2.58. The number of hydrogen-bond donors (Lipinski definition) is 1. The molecule has 0 atom stereocenters. The average molecular weight is 451 g/mol. The minimum Gasteiger partial charge on any atom is -0.338 e. The normalized spacial score (nSPS) is 12.3. The largest absolute Gasteiger partial charge is 0.338 e. The van der Waals surface area contributed by atoms with Gasteiger partial charge in [-0.3, -0.25) is 4.79 Å². The zero-order chi connectivity index (χ0) is 22.1. The SMILES string of the molecule is Cc1ccccc1-c1noc(CN(C)S(=O)(=O)c2nnc(NC(=O)C(C)(C)C)s2)n1. The van der Waals surface area contributed by atoms with Crippen molar-refractivity contribution in [3.05, 3.63) is 35.7 Å². The lowest BCUT2D eigenvalue weighted by atomic mass is 9.96. The number of carbonyl (C=O) groups excluding carboxylic acids is 1. The second kappa shape index (κ2) is 8.20. The highest BCUT2D eigenvalue weighted by Gasteiger charge is 2.29. The van der Waals surface area contributed by atoms with Crippen LogP contribution < -0.4 is 5.32 Å². The quantitative estimate of drug-likeness (QED) is 0.567. The molecule has 0 radical (unpaired) electrons. The predicted molar refractivity (Wildman–Crippen MR) is 111 cm³/mol.